The van der Waals surface area contributed by atoms with Crippen LogP contribution in [0.2, 0.25) is 0 Å². The normalized spacial score (nSPS) is 14.6. The molecule has 4 heteroatoms. The highest BCUT2D eigenvalue weighted by Gasteiger charge is 2.12. The molecule has 0 radical (unpaired) electrons. The summed E-state index contributed by atoms with van der Waals surface area (Å²) in [4.78, 5) is 14.6. The first-order valence-corrected chi connectivity index (χ1v) is 7.51. The van der Waals surface area contributed by atoms with Crippen LogP contribution in [-0.4, -0.2) is 43.5 Å². The molecule has 0 atom stereocenters. The molecule has 0 unspecified atom stereocenters. The number of benzene rings is 1. The number of nitrogens with two attached hydrogens (primary N) is 1. The largest absolute Gasteiger partial charge is 0.351 e. The zero-order valence-corrected chi connectivity index (χ0v) is 12.6. The molecule has 0 spiro atoms. The Labute approximate surface area is 126 Å². The van der Waals surface area contributed by atoms with Crippen molar-refractivity contribution in [1.82, 2.24) is 10.2 Å². The van der Waals surface area contributed by atoms with Crippen molar-refractivity contribution in [3.8, 4) is 11.8 Å². The maximum atomic E-state index is 12.3. The van der Waals surface area contributed by atoms with E-state index in [4.69, 9.17) is 5.73 Å². The predicted molar refractivity (Wildman–Crippen MR) is 85.1 cm³/mol. The summed E-state index contributed by atoms with van der Waals surface area (Å²) in [5, 5.41) is 3.00. The predicted octanol–water partition coefficient (Wildman–Crippen LogP) is 1.13. The lowest BCUT2D eigenvalue weighted by atomic mass is 10.0. The van der Waals surface area contributed by atoms with Gasteiger partial charge in [-0.15, -0.1) is 0 Å². The molecule has 1 amide bonds. The van der Waals surface area contributed by atoms with Gasteiger partial charge < -0.3 is 16.0 Å². The topological polar surface area (TPSA) is 58.4 Å². The zero-order chi connectivity index (χ0) is 15.1. The Hall–Kier alpha value is -1.83. The summed E-state index contributed by atoms with van der Waals surface area (Å²) < 4.78 is 0. The summed E-state index contributed by atoms with van der Waals surface area (Å²) in [6.07, 6.45) is 2.55. The maximum absolute atomic E-state index is 12.3. The smallest absolute Gasteiger partial charge is 0.251 e. The molecule has 1 fully saturated rings. The van der Waals surface area contributed by atoms with Crippen LogP contribution < -0.4 is 11.1 Å². The van der Waals surface area contributed by atoms with Crippen LogP contribution >= 0.6 is 0 Å². The van der Waals surface area contributed by atoms with Crippen molar-refractivity contribution in [1.29, 1.82) is 0 Å². The quantitative estimate of drug-likeness (QED) is 0.815. The molecular weight excluding hydrogens is 262 g/mol. The van der Waals surface area contributed by atoms with Crippen molar-refractivity contribution in [2.45, 2.75) is 19.8 Å². The molecule has 1 aromatic carbocycles. The lowest BCUT2D eigenvalue weighted by Crippen LogP contribution is -2.33. The molecule has 3 N–H and O–H groups in total. The van der Waals surface area contributed by atoms with Gasteiger partial charge in [0.25, 0.3) is 5.91 Å². The molecular formula is C17H23N3O. The number of carbonyl (C=O) groups is 1. The molecule has 1 heterocycles. The Morgan fingerprint density at radius 2 is 2.14 bits per heavy atom. The van der Waals surface area contributed by atoms with Gasteiger partial charge in [0.2, 0.25) is 0 Å². The van der Waals surface area contributed by atoms with Gasteiger partial charge in [-0.05, 0) is 50.6 Å². The Balaban J connectivity index is 1.94. The first-order chi connectivity index (χ1) is 10.2. The number of likely N-dealkylation sites (tertiary alicyclic amines) is 1. The number of hydrogen-bond acceptors (Lipinski definition) is 3. The first kappa shape index (κ1) is 15.6. The average molecular weight is 285 g/mol. The lowest BCUT2D eigenvalue weighted by molar-refractivity contribution is 0.0949. The first-order valence-electron chi connectivity index (χ1n) is 7.51. The number of nitrogens with zero attached hydrogens (tertiary/aromatic N) is 1. The molecule has 1 aromatic rings. The van der Waals surface area contributed by atoms with Gasteiger partial charge in [-0.1, -0.05) is 17.9 Å². The maximum Gasteiger partial charge on any atom is 0.251 e. The summed E-state index contributed by atoms with van der Waals surface area (Å²) in [7, 11) is 0. The number of rotatable bonds is 4. The van der Waals surface area contributed by atoms with Crippen LogP contribution in [0.15, 0.2) is 18.2 Å². The molecule has 0 aromatic heterocycles. The summed E-state index contributed by atoms with van der Waals surface area (Å²) >= 11 is 0. The van der Waals surface area contributed by atoms with E-state index in [9.17, 15) is 4.79 Å². The molecule has 1 aliphatic rings. The van der Waals surface area contributed by atoms with E-state index >= 15 is 0 Å². The van der Waals surface area contributed by atoms with Crippen LogP contribution in [0.3, 0.4) is 0 Å². The average Bonchev–Trinajstić information content (AvgIpc) is 2.99. The molecule has 4 nitrogen and oxygen atoms in total. The zero-order valence-electron chi connectivity index (χ0n) is 12.6. The Kier molecular flexibility index (Phi) is 5.79. The Morgan fingerprint density at radius 1 is 1.38 bits per heavy atom. The highest BCUT2D eigenvalue weighted by molar-refractivity contribution is 5.96. The summed E-state index contributed by atoms with van der Waals surface area (Å²) in [6, 6.07) is 5.68. The second-order valence-corrected chi connectivity index (χ2v) is 5.34. The van der Waals surface area contributed by atoms with E-state index in [1.807, 2.05) is 25.1 Å². The fraction of sp³-hybridized carbons (Fsp3) is 0.471. The van der Waals surface area contributed by atoms with Gasteiger partial charge in [-0.3, -0.25) is 4.79 Å². The van der Waals surface area contributed by atoms with E-state index in [1.54, 1.807) is 0 Å². The summed E-state index contributed by atoms with van der Waals surface area (Å²) in [5.74, 6) is 5.75. The molecule has 0 aliphatic carbocycles. The van der Waals surface area contributed by atoms with Crippen LogP contribution in [-0.2, 0) is 0 Å². The third-order valence-electron chi connectivity index (χ3n) is 3.73. The van der Waals surface area contributed by atoms with E-state index < -0.39 is 0 Å². The van der Waals surface area contributed by atoms with Crippen molar-refractivity contribution in [3.05, 3.63) is 34.9 Å². The lowest BCUT2D eigenvalue weighted by Gasteiger charge is -2.15. The highest BCUT2D eigenvalue weighted by atomic mass is 16.1. The number of hydrogen-bond donors (Lipinski definition) is 2. The number of carbonyl (C=O) groups excluding carboxylic acids is 1. The Bertz CT molecular complexity index is 551. The third-order valence-corrected chi connectivity index (χ3v) is 3.73. The molecule has 0 bridgehead atoms. The van der Waals surface area contributed by atoms with Gasteiger partial charge in [0, 0.05) is 24.2 Å². The van der Waals surface area contributed by atoms with Crippen LogP contribution in [0.1, 0.15) is 34.3 Å². The molecule has 112 valence electrons. The molecule has 2 rings (SSSR count). The summed E-state index contributed by atoms with van der Waals surface area (Å²) in [6.45, 7) is 6.19. The summed E-state index contributed by atoms with van der Waals surface area (Å²) in [5.41, 5.74) is 7.86. The van der Waals surface area contributed by atoms with Gasteiger partial charge >= 0.3 is 0 Å². The van der Waals surface area contributed by atoms with Crippen molar-refractivity contribution in [2.24, 2.45) is 5.73 Å². The van der Waals surface area contributed by atoms with Gasteiger partial charge in [0.1, 0.15) is 0 Å². The highest BCUT2D eigenvalue weighted by Crippen LogP contribution is 2.11. The number of amides is 1. The minimum atomic E-state index is -0.0249. The van der Waals surface area contributed by atoms with Crippen LogP contribution in [0, 0.1) is 18.8 Å². The minimum Gasteiger partial charge on any atom is -0.351 e. The van der Waals surface area contributed by atoms with E-state index in [0.717, 1.165) is 30.8 Å². The van der Waals surface area contributed by atoms with Crippen molar-refractivity contribution < 1.29 is 4.79 Å². The SMILES string of the molecule is Cc1ccc(C#CCN)cc1C(=O)NCCN1CCCC1. The number of aryl methyl sites for hydroxylation is 1. The minimum absolute atomic E-state index is 0.0249. The van der Waals surface area contributed by atoms with E-state index in [2.05, 4.69) is 22.1 Å². The molecule has 1 saturated heterocycles. The Morgan fingerprint density at radius 3 is 2.86 bits per heavy atom. The van der Waals surface area contributed by atoms with Gasteiger partial charge in [0.15, 0.2) is 0 Å². The number of nitrogens with one attached hydrogen (secondary N) is 1. The van der Waals surface area contributed by atoms with Crippen LogP contribution in [0.4, 0.5) is 0 Å². The van der Waals surface area contributed by atoms with E-state index in [0.29, 0.717) is 18.7 Å². The molecule has 1 aliphatic heterocycles. The van der Waals surface area contributed by atoms with Gasteiger partial charge in [-0.2, -0.15) is 0 Å². The fourth-order valence-electron chi connectivity index (χ4n) is 2.53. The fourth-order valence-corrected chi connectivity index (χ4v) is 2.53. The van der Waals surface area contributed by atoms with Gasteiger partial charge in [-0.25, -0.2) is 0 Å². The van der Waals surface area contributed by atoms with E-state index in [1.165, 1.54) is 12.8 Å². The van der Waals surface area contributed by atoms with E-state index in [-0.39, 0.29) is 5.91 Å². The second kappa shape index (κ2) is 7.82. The van der Waals surface area contributed by atoms with Crippen molar-refractivity contribution in [2.75, 3.05) is 32.7 Å². The van der Waals surface area contributed by atoms with Crippen LogP contribution in [0.5, 0.6) is 0 Å². The molecule has 0 saturated carbocycles. The molecule has 21 heavy (non-hydrogen) atoms. The standard InChI is InChI=1S/C17H23N3O/c1-14-6-7-15(5-4-8-18)13-16(14)17(21)19-9-12-20-10-2-3-11-20/h6-7,13H,2-3,8-12,18H2,1H3,(H,19,21). The third kappa shape index (κ3) is 4.59. The van der Waals surface area contributed by atoms with Gasteiger partial charge in [0.05, 0.1) is 6.54 Å². The monoisotopic (exact) mass is 285 g/mol. The van der Waals surface area contributed by atoms with Crippen molar-refractivity contribution in [3.63, 3.8) is 0 Å². The van der Waals surface area contributed by atoms with Crippen molar-refractivity contribution >= 4 is 5.91 Å². The van der Waals surface area contributed by atoms with Crippen LogP contribution in [0.25, 0.3) is 0 Å². The second-order valence-electron chi connectivity index (χ2n) is 5.34.